The summed E-state index contributed by atoms with van der Waals surface area (Å²) in [6.07, 6.45) is 1.43. The van der Waals surface area contributed by atoms with Gasteiger partial charge in [-0.2, -0.15) is 15.2 Å². The second-order valence-electron chi connectivity index (χ2n) is 6.49. The molecule has 0 saturated heterocycles. The summed E-state index contributed by atoms with van der Waals surface area (Å²) in [5.41, 5.74) is 2.53. The van der Waals surface area contributed by atoms with E-state index in [1.54, 1.807) is 17.8 Å². The number of benzene rings is 2. The number of rotatable bonds is 3. The van der Waals surface area contributed by atoms with Crippen molar-refractivity contribution in [3.05, 3.63) is 68.5 Å². The average molecular weight is 377 g/mol. The van der Waals surface area contributed by atoms with E-state index in [2.05, 4.69) is 10.2 Å². The van der Waals surface area contributed by atoms with E-state index in [0.717, 1.165) is 22.0 Å². The summed E-state index contributed by atoms with van der Waals surface area (Å²) >= 11 is 0. The molecule has 2 aromatic carbocycles. The van der Waals surface area contributed by atoms with Gasteiger partial charge in [-0.25, -0.2) is 0 Å². The monoisotopic (exact) mass is 377 g/mol. The largest absolute Gasteiger partial charge is 0.282 e. The number of nitro benzene ring substituents is 1. The Kier molecular flexibility index (Phi) is 3.81. The number of nitro groups is 1. The van der Waals surface area contributed by atoms with Crippen molar-refractivity contribution in [3.8, 4) is 0 Å². The number of carbonyl (C=O) groups excluding carboxylic acids is 2. The Labute approximate surface area is 159 Å². The van der Waals surface area contributed by atoms with Gasteiger partial charge in [-0.3, -0.25) is 24.4 Å². The fraction of sp³-hybridized carbons (Fsp3) is 0.158. The Morgan fingerprint density at radius 3 is 2.39 bits per heavy atom. The number of amides is 2. The Hall–Kier alpha value is -3.88. The van der Waals surface area contributed by atoms with E-state index in [1.165, 1.54) is 30.5 Å². The van der Waals surface area contributed by atoms with Crippen LogP contribution in [0.3, 0.4) is 0 Å². The number of non-ortho nitro benzene ring substituents is 1. The lowest BCUT2D eigenvalue weighted by molar-refractivity contribution is -0.383. The van der Waals surface area contributed by atoms with Crippen molar-refractivity contribution in [1.29, 1.82) is 0 Å². The number of nitrogens with zero attached hydrogens (tertiary/aromatic N) is 5. The van der Waals surface area contributed by atoms with Crippen molar-refractivity contribution in [3.63, 3.8) is 0 Å². The molecule has 1 aromatic heterocycles. The number of hydrogen-bond acceptors (Lipinski definition) is 6. The summed E-state index contributed by atoms with van der Waals surface area (Å²) in [7, 11) is 1.79. The highest BCUT2D eigenvalue weighted by Crippen LogP contribution is 2.35. The molecular weight excluding hydrogens is 362 g/mol. The first-order valence-electron chi connectivity index (χ1n) is 8.44. The van der Waals surface area contributed by atoms with E-state index >= 15 is 0 Å². The lowest BCUT2D eigenvalue weighted by Crippen LogP contribution is -2.36. The van der Waals surface area contributed by atoms with E-state index in [0.29, 0.717) is 0 Å². The van der Waals surface area contributed by atoms with Gasteiger partial charge in [-0.1, -0.05) is 6.07 Å². The first-order valence-corrected chi connectivity index (χ1v) is 8.44. The molecular formula is C19H15N5O4. The van der Waals surface area contributed by atoms with Crippen LogP contribution in [0.5, 0.6) is 0 Å². The van der Waals surface area contributed by atoms with Crippen molar-refractivity contribution in [2.75, 3.05) is 0 Å². The fourth-order valence-corrected chi connectivity index (χ4v) is 3.42. The minimum atomic E-state index is -0.626. The molecule has 0 N–H and O–H groups in total. The third kappa shape index (κ3) is 2.40. The van der Waals surface area contributed by atoms with Gasteiger partial charge in [0.15, 0.2) is 0 Å². The van der Waals surface area contributed by atoms with Gasteiger partial charge in [0.25, 0.3) is 17.5 Å². The molecule has 0 unspecified atom stereocenters. The van der Waals surface area contributed by atoms with E-state index in [4.69, 9.17) is 0 Å². The average Bonchev–Trinajstić information content (AvgIpc) is 2.91. The van der Waals surface area contributed by atoms with Crippen LogP contribution < -0.4 is 0 Å². The molecule has 4 rings (SSSR count). The van der Waals surface area contributed by atoms with Gasteiger partial charge < -0.3 is 0 Å². The van der Waals surface area contributed by atoms with Crippen LogP contribution in [0.15, 0.2) is 35.4 Å². The molecule has 140 valence electrons. The first kappa shape index (κ1) is 17.5. The number of imide groups is 1. The van der Waals surface area contributed by atoms with Gasteiger partial charge in [0.1, 0.15) is 0 Å². The molecule has 1 aliphatic rings. The Morgan fingerprint density at radius 1 is 1.11 bits per heavy atom. The van der Waals surface area contributed by atoms with Crippen molar-refractivity contribution in [2.24, 2.45) is 12.1 Å². The maximum absolute atomic E-state index is 12.9. The van der Waals surface area contributed by atoms with Crippen molar-refractivity contribution >= 4 is 34.5 Å². The van der Waals surface area contributed by atoms with Crippen molar-refractivity contribution in [1.82, 2.24) is 14.8 Å². The molecule has 0 atom stereocenters. The van der Waals surface area contributed by atoms with Crippen LogP contribution in [-0.2, 0) is 7.05 Å². The van der Waals surface area contributed by atoms with Gasteiger partial charge in [0, 0.05) is 29.8 Å². The third-order valence-corrected chi connectivity index (χ3v) is 4.93. The predicted octanol–water partition coefficient (Wildman–Crippen LogP) is 2.73. The molecule has 0 fully saturated rings. The molecule has 3 aromatic rings. The number of aryl methyl sites for hydroxylation is 2. The van der Waals surface area contributed by atoms with Gasteiger partial charge >= 0.3 is 0 Å². The van der Waals surface area contributed by atoms with Crippen molar-refractivity contribution < 1.29 is 14.5 Å². The van der Waals surface area contributed by atoms with Gasteiger partial charge in [-0.15, -0.1) is 0 Å². The van der Waals surface area contributed by atoms with Crippen LogP contribution in [0.4, 0.5) is 5.69 Å². The number of hydrazone groups is 1. The topological polar surface area (TPSA) is 111 Å². The first-order chi connectivity index (χ1) is 13.3. The van der Waals surface area contributed by atoms with E-state index in [1.807, 2.05) is 13.8 Å². The maximum atomic E-state index is 12.9. The number of carbonyl (C=O) groups is 2. The third-order valence-electron chi connectivity index (χ3n) is 4.93. The zero-order valence-corrected chi connectivity index (χ0v) is 15.3. The predicted molar refractivity (Wildman–Crippen MR) is 101 cm³/mol. The molecule has 9 heteroatoms. The highest BCUT2D eigenvalue weighted by Gasteiger charge is 2.34. The summed E-state index contributed by atoms with van der Waals surface area (Å²) in [6.45, 7) is 3.67. The van der Waals surface area contributed by atoms with Crippen LogP contribution in [0.1, 0.15) is 37.7 Å². The molecule has 0 aliphatic carbocycles. The smallest absolute Gasteiger partial charge is 0.272 e. The molecule has 0 spiro atoms. The van der Waals surface area contributed by atoms with Crippen LogP contribution in [0, 0.1) is 24.0 Å². The Bertz CT molecular complexity index is 1200. The lowest BCUT2D eigenvalue weighted by atomic mass is 9.94. The molecule has 0 bridgehead atoms. The SMILES string of the molecule is Cc1nn(C)c(C)c1C=NN1C(=O)c2cccc3c([N+](=O)[O-])ccc(c23)C1=O. The standard InChI is InChI=1S/C19H15N5O4/c1-10-15(11(2)22(3)21-10)9-20-23-18(25)13-6-4-5-12-16(24(27)28)8-7-14(17(12)13)19(23)26/h4-9H,1-3H3. The number of hydrogen-bond donors (Lipinski definition) is 0. The molecule has 9 nitrogen and oxygen atoms in total. The second kappa shape index (κ2) is 6.08. The van der Waals surface area contributed by atoms with Crippen LogP contribution in [0.25, 0.3) is 10.8 Å². The Balaban J connectivity index is 1.85. The fourth-order valence-electron chi connectivity index (χ4n) is 3.42. The second-order valence-corrected chi connectivity index (χ2v) is 6.49. The zero-order chi connectivity index (χ0) is 20.2. The zero-order valence-electron chi connectivity index (χ0n) is 15.3. The molecule has 0 saturated carbocycles. The summed E-state index contributed by atoms with van der Waals surface area (Å²) in [6, 6.07) is 7.25. The summed E-state index contributed by atoms with van der Waals surface area (Å²) in [4.78, 5) is 36.5. The van der Waals surface area contributed by atoms with Crippen LogP contribution in [0.2, 0.25) is 0 Å². The highest BCUT2D eigenvalue weighted by atomic mass is 16.6. The van der Waals surface area contributed by atoms with E-state index < -0.39 is 16.7 Å². The molecule has 0 radical (unpaired) electrons. The summed E-state index contributed by atoms with van der Waals surface area (Å²) in [5.74, 6) is -1.25. The number of aromatic nitrogens is 2. The maximum Gasteiger partial charge on any atom is 0.282 e. The Morgan fingerprint density at radius 2 is 1.79 bits per heavy atom. The van der Waals surface area contributed by atoms with E-state index in [-0.39, 0.29) is 27.6 Å². The van der Waals surface area contributed by atoms with Crippen molar-refractivity contribution in [2.45, 2.75) is 13.8 Å². The normalized spacial score (nSPS) is 13.8. The molecule has 28 heavy (non-hydrogen) atoms. The molecule has 1 aliphatic heterocycles. The van der Waals surface area contributed by atoms with Gasteiger partial charge in [0.05, 0.1) is 33.3 Å². The quantitative estimate of drug-likeness (QED) is 0.302. The lowest BCUT2D eigenvalue weighted by Gasteiger charge is -2.22. The molecule has 2 heterocycles. The summed E-state index contributed by atoms with van der Waals surface area (Å²) in [5, 5.41) is 21.0. The summed E-state index contributed by atoms with van der Waals surface area (Å²) < 4.78 is 1.69. The van der Waals surface area contributed by atoms with Gasteiger partial charge in [0.2, 0.25) is 0 Å². The highest BCUT2D eigenvalue weighted by molar-refractivity contribution is 6.26. The van der Waals surface area contributed by atoms with Crippen LogP contribution >= 0.6 is 0 Å². The van der Waals surface area contributed by atoms with Crippen LogP contribution in [-0.4, -0.2) is 37.7 Å². The van der Waals surface area contributed by atoms with Gasteiger partial charge in [-0.05, 0) is 32.0 Å². The minimum Gasteiger partial charge on any atom is -0.272 e. The minimum absolute atomic E-state index is 0.153. The molecule has 2 amide bonds. The van der Waals surface area contributed by atoms with E-state index in [9.17, 15) is 19.7 Å².